The van der Waals surface area contributed by atoms with Gasteiger partial charge in [0.05, 0.1) is 24.6 Å². The number of thiazole rings is 1. The van der Waals surface area contributed by atoms with E-state index in [0.29, 0.717) is 42.8 Å². The number of piperazine rings is 1. The van der Waals surface area contributed by atoms with Crippen molar-refractivity contribution in [3.8, 4) is 0 Å². The molecule has 0 saturated carbocycles. The van der Waals surface area contributed by atoms with Gasteiger partial charge in [0.25, 0.3) is 0 Å². The van der Waals surface area contributed by atoms with Gasteiger partial charge in [-0.25, -0.2) is 9.78 Å². The zero-order valence-corrected chi connectivity index (χ0v) is 18.2. The number of rotatable bonds is 6. The fourth-order valence-corrected chi connectivity index (χ4v) is 4.45. The maximum atomic E-state index is 12.4. The predicted octanol–water partition coefficient (Wildman–Crippen LogP) is 3.64. The lowest BCUT2D eigenvalue weighted by Gasteiger charge is -2.34. The number of H-pyrrole nitrogens is 1. The van der Waals surface area contributed by atoms with Crippen LogP contribution in [-0.2, 0) is 17.9 Å². The summed E-state index contributed by atoms with van der Waals surface area (Å²) in [4.78, 5) is 20.7. The van der Waals surface area contributed by atoms with E-state index in [-0.39, 0.29) is 12.7 Å². The lowest BCUT2D eigenvalue weighted by Crippen LogP contribution is -2.48. The fraction of sp³-hybridized carbons (Fsp3) is 0.333. The molecule has 1 aliphatic rings. The molecule has 30 heavy (non-hydrogen) atoms. The minimum absolute atomic E-state index is 0.134. The summed E-state index contributed by atoms with van der Waals surface area (Å²) in [5, 5.41) is 16.4. The van der Waals surface area contributed by atoms with E-state index in [2.05, 4.69) is 30.6 Å². The largest absolute Gasteiger partial charge is 0.445 e. The second kappa shape index (κ2) is 9.50. The molecule has 0 bridgehead atoms. The number of carbonyl (C=O) groups is 1. The van der Waals surface area contributed by atoms with Crippen LogP contribution in [0.3, 0.4) is 0 Å². The Balaban J connectivity index is 1.24. The maximum Gasteiger partial charge on any atom is 0.410 e. The molecule has 2 N–H and O–H groups in total. The molecular weight excluding hydrogens is 449 g/mol. The molecule has 158 valence electrons. The minimum Gasteiger partial charge on any atom is -0.445 e. The number of nitrogens with zero attached hydrogens (tertiary/aromatic N) is 5. The van der Waals surface area contributed by atoms with Crippen molar-refractivity contribution < 1.29 is 9.53 Å². The fourth-order valence-electron chi connectivity index (χ4n) is 3.01. The van der Waals surface area contributed by atoms with Crippen LogP contribution in [0.5, 0.6) is 0 Å². The van der Waals surface area contributed by atoms with E-state index < -0.39 is 0 Å². The quantitative estimate of drug-likeness (QED) is 0.570. The van der Waals surface area contributed by atoms with Crippen LogP contribution in [0.1, 0.15) is 11.3 Å². The molecule has 0 atom stereocenters. The third-order valence-electron chi connectivity index (χ3n) is 4.52. The molecule has 3 heterocycles. The number of anilines is 2. The molecule has 1 fully saturated rings. The highest BCUT2D eigenvalue weighted by atomic mass is 35.5. The van der Waals surface area contributed by atoms with E-state index in [9.17, 15) is 4.79 Å². The van der Waals surface area contributed by atoms with E-state index in [4.69, 9.17) is 27.9 Å². The number of carbonyl (C=O) groups excluding carboxylic acids is 1. The zero-order chi connectivity index (χ0) is 20.9. The molecule has 0 aliphatic carbocycles. The highest BCUT2D eigenvalue weighted by Gasteiger charge is 2.23. The highest BCUT2D eigenvalue weighted by Crippen LogP contribution is 2.28. The van der Waals surface area contributed by atoms with Crippen LogP contribution in [0.15, 0.2) is 30.6 Å². The number of halogens is 2. The average molecular weight is 468 g/mol. The molecule has 3 aromatic rings. The Bertz CT molecular complexity index is 970. The van der Waals surface area contributed by atoms with Gasteiger partial charge in [0, 0.05) is 36.2 Å². The molecule has 1 saturated heterocycles. The summed E-state index contributed by atoms with van der Waals surface area (Å²) < 4.78 is 5.41. The first-order valence-corrected chi connectivity index (χ1v) is 10.8. The van der Waals surface area contributed by atoms with E-state index in [1.54, 1.807) is 40.6 Å². The van der Waals surface area contributed by atoms with Gasteiger partial charge >= 0.3 is 6.09 Å². The molecule has 0 unspecified atom stereocenters. The number of aromatic nitrogens is 4. The minimum atomic E-state index is -0.342. The van der Waals surface area contributed by atoms with Gasteiger partial charge in [-0.1, -0.05) is 39.8 Å². The molecular formula is C18H19Cl2N7O2S. The Morgan fingerprint density at radius 2 is 1.93 bits per heavy atom. The van der Waals surface area contributed by atoms with Crippen molar-refractivity contribution in [3.63, 3.8) is 0 Å². The van der Waals surface area contributed by atoms with Crippen molar-refractivity contribution in [2.24, 2.45) is 0 Å². The van der Waals surface area contributed by atoms with Crippen molar-refractivity contribution in [1.29, 1.82) is 0 Å². The van der Waals surface area contributed by atoms with Gasteiger partial charge in [-0.3, -0.25) is 5.10 Å². The van der Waals surface area contributed by atoms with Gasteiger partial charge < -0.3 is 19.9 Å². The second-order valence-corrected chi connectivity index (χ2v) is 8.53. The molecule has 9 nitrogen and oxygen atoms in total. The number of hydrogen-bond donors (Lipinski definition) is 2. The highest BCUT2D eigenvalue weighted by molar-refractivity contribution is 7.19. The normalized spacial score (nSPS) is 14.1. The summed E-state index contributed by atoms with van der Waals surface area (Å²) in [6.07, 6.45) is 3.17. The lowest BCUT2D eigenvalue weighted by atomic mass is 10.2. The van der Waals surface area contributed by atoms with Crippen LogP contribution in [0.2, 0.25) is 10.0 Å². The molecule has 2 aromatic heterocycles. The Morgan fingerprint density at radius 3 is 2.63 bits per heavy atom. The Hall–Kier alpha value is -2.56. The molecule has 1 aromatic carbocycles. The number of hydrogen-bond acceptors (Lipinski definition) is 8. The molecule has 0 spiro atoms. The standard InChI is InChI=1S/C18H19Cl2N7O2S/c19-13-5-12(6-14(20)7-13)11-29-18(28)27-3-1-26(2-4-27)16-10-22-17(30-16)21-8-15-9-23-25-24-15/h5-7,9-10H,1-4,8,11H2,(H,21,22)(H,23,24,25). The third kappa shape index (κ3) is 5.32. The van der Waals surface area contributed by atoms with Crippen LogP contribution >= 0.6 is 34.5 Å². The van der Waals surface area contributed by atoms with Gasteiger partial charge in [-0.2, -0.15) is 0 Å². The van der Waals surface area contributed by atoms with Crippen molar-refractivity contribution in [3.05, 3.63) is 51.9 Å². The van der Waals surface area contributed by atoms with Crippen LogP contribution in [0.4, 0.5) is 14.9 Å². The van der Waals surface area contributed by atoms with Crippen molar-refractivity contribution in [1.82, 2.24) is 25.3 Å². The van der Waals surface area contributed by atoms with E-state index in [0.717, 1.165) is 21.4 Å². The lowest BCUT2D eigenvalue weighted by molar-refractivity contribution is 0.0942. The number of aromatic amines is 1. The van der Waals surface area contributed by atoms with Crippen LogP contribution < -0.4 is 10.2 Å². The van der Waals surface area contributed by atoms with Gasteiger partial charge in [0.15, 0.2) is 5.13 Å². The van der Waals surface area contributed by atoms with Gasteiger partial charge in [-0.05, 0) is 23.8 Å². The average Bonchev–Trinajstić information content (AvgIpc) is 3.42. The Morgan fingerprint density at radius 1 is 1.17 bits per heavy atom. The van der Waals surface area contributed by atoms with Crippen molar-refractivity contribution in [2.75, 3.05) is 36.4 Å². The van der Waals surface area contributed by atoms with E-state index in [1.807, 2.05) is 6.20 Å². The summed E-state index contributed by atoms with van der Waals surface area (Å²) in [5.74, 6) is 0. The second-order valence-electron chi connectivity index (χ2n) is 6.65. The number of benzene rings is 1. The molecule has 0 radical (unpaired) electrons. The SMILES string of the molecule is O=C(OCc1cc(Cl)cc(Cl)c1)N1CCN(c2cnc(NCc3cnn[nH]3)s2)CC1. The molecule has 1 amide bonds. The van der Waals surface area contributed by atoms with Gasteiger partial charge in [-0.15, -0.1) is 5.10 Å². The first-order chi connectivity index (χ1) is 14.6. The smallest absolute Gasteiger partial charge is 0.410 e. The summed E-state index contributed by atoms with van der Waals surface area (Å²) in [7, 11) is 0. The summed E-state index contributed by atoms with van der Waals surface area (Å²) in [6.45, 7) is 3.30. The monoisotopic (exact) mass is 467 g/mol. The van der Waals surface area contributed by atoms with Crippen LogP contribution in [-0.4, -0.2) is 57.6 Å². The van der Waals surface area contributed by atoms with Crippen LogP contribution in [0, 0.1) is 0 Å². The molecule has 4 rings (SSSR count). The first kappa shape index (κ1) is 20.7. The van der Waals surface area contributed by atoms with Gasteiger partial charge in [0.2, 0.25) is 0 Å². The number of nitrogens with one attached hydrogen (secondary N) is 2. The number of amides is 1. The summed E-state index contributed by atoms with van der Waals surface area (Å²) in [5.41, 5.74) is 1.65. The van der Waals surface area contributed by atoms with Gasteiger partial charge in [0.1, 0.15) is 11.6 Å². The van der Waals surface area contributed by atoms with Crippen molar-refractivity contribution >= 4 is 50.8 Å². The van der Waals surface area contributed by atoms with E-state index in [1.165, 1.54) is 0 Å². The van der Waals surface area contributed by atoms with Crippen LogP contribution in [0.25, 0.3) is 0 Å². The number of ether oxygens (including phenoxy) is 1. The van der Waals surface area contributed by atoms with Crippen molar-refractivity contribution in [2.45, 2.75) is 13.2 Å². The summed E-state index contributed by atoms with van der Waals surface area (Å²) in [6, 6.07) is 5.11. The zero-order valence-electron chi connectivity index (χ0n) is 15.8. The Kier molecular flexibility index (Phi) is 6.56. The maximum absolute atomic E-state index is 12.4. The first-order valence-electron chi connectivity index (χ1n) is 9.23. The molecule has 1 aliphatic heterocycles. The third-order valence-corrected chi connectivity index (χ3v) is 5.97. The molecule has 12 heteroatoms. The Labute approximate surface area is 186 Å². The summed E-state index contributed by atoms with van der Waals surface area (Å²) >= 11 is 13.5. The topological polar surface area (TPSA) is 99.3 Å². The van der Waals surface area contributed by atoms with E-state index >= 15 is 0 Å². The predicted molar refractivity (Wildman–Crippen MR) is 116 cm³/mol.